The van der Waals surface area contributed by atoms with Gasteiger partial charge in [0.15, 0.2) is 0 Å². The second kappa shape index (κ2) is 6.86. The molecular weight excluding hydrogens is 204 g/mol. The zero-order valence-corrected chi connectivity index (χ0v) is 10.4. The Balaban J connectivity index is 2.28. The van der Waals surface area contributed by atoms with E-state index in [-0.39, 0.29) is 11.9 Å². The van der Waals surface area contributed by atoms with Crippen LogP contribution in [0.25, 0.3) is 0 Å². The number of hydrogen-bond donors (Lipinski definition) is 1. The number of carbonyl (C=O) groups excluding carboxylic acids is 1. The summed E-state index contributed by atoms with van der Waals surface area (Å²) >= 11 is 0. The maximum Gasteiger partial charge on any atom is 0.222 e. The molecule has 0 aromatic rings. The molecule has 0 aromatic heterocycles. The Morgan fingerprint density at radius 3 is 2.94 bits per heavy atom. The van der Waals surface area contributed by atoms with Gasteiger partial charge in [0.25, 0.3) is 0 Å². The van der Waals surface area contributed by atoms with Crippen molar-refractivity contribution < 1.29 is 9.53 Å². The normalized spacial score (nSPS) is 23.2. The predicted octanol–water partition coefficient (Wildman–Crippen LogP) is 0.999. The number of nitrogens with two attached hydrogens (primary N) is 1. The van der Waals surface area contributed by atoms with E-state index in [1.807, 2.05) is 11.8 Å². The molecule has 0 spiro atoms. The van der Waals surface area contributed by atoms with Gasteiger partial charge in [-0.15, -0.1) is 0 Å². The molecule has 0 saturated carbocycles. The topological polar surface area (TPSA) is 55.6 Å². The minimum Gasteiger partial charge on any atom is -0.377 e. The van der Waals surface area contributed by atoms with Crippen molar-refractivity contribution in [1.29, 1.82) is 0 Å². The largest absolute Gasteiger partial charge is 0.377 e. The number of rotatable bonds is 5. The lowest BCUT2D eigenvalue weighted by Gasteiger charge is -2.33. The number of morpholine rings is 1. The molecule has 0 aromatic carbocycles. The first-order chi connectivity index (χ1) is 7.65. The zero-order valence-electron chi connectivity index (χ0n) is 10.4. The highest BCUT2D eigenvalue weighted by molar-refractivity contribution is 5.76. The zero-order chi connectivity index (χ0) is 12.0. The standard InChI is InChI=1S/C12H24N2O2/c1-10(5-6-13)3-4-12(15)14-7-8-16-9-11(14)2/h10-11H,3-9,13H2,1-2H3/t10?,11-/m1/s1. The van der Waals surface area contributed by atoms with Crippen LogP contribution in [0.3, 0.4) is 0 Å². The Kier molecular flexibility index (Phi) is 5.77. The number of amides is 1. The smallest absolute Gasteiger partial charge is 0.222 e. The van der Waals surface area contributed by atoms with Crippen LogP contribution in [-0.2, 0) is 9.53 Å². The van der Waals surface area contributed by atoms with E-state index in [9.17, 15) is 4.79 Å². The summed E-state index contributed by atoms with van der Waals surface area (Å²) in [4.78, 5) is 13.9. The summed E-state index contributed by atoms with van der Waals surface area (Å²) in [6.07, 6.45) is 2.59. The van der Waals surface area contributed by atoms with Gasteiger partial charge in [0.1, 0.15) is 0 Å². The molecule has 1 saturated heterocycles. The van der Waals surface area contributed by atoms with Gasteiger partial charge in [0.2, 0.25) is 5.91 Å². The van der Waals surface area contributed by atoms with Crippen LogP contribution in [0.15, 0.2) is 0 Å². The van der Waals surface area contributed by atoms with E-state index in [1.165, 1.54) is 0 Å². The average Bonchev–Trinajstić information content (AvgIpc) is 2.27. The maximum absolute atomic E-state index is 12.0. The molecule has 0 bridgehead atoms. The van der Waals surface area contributed by atoms with E-state index in [2.05, 4.69) is 6.92 Å². The van der Waals surface area contributed by atoms with Gasteiger partial charge < -0.3 is 15.4 Å². The van der Waals surface area contributed by atoms with Crippen molar-refractivity contribution in [1.82, 2.24) is 4.90 Å². The Labute approximate surface area is 98.1 Å². The Bertz CT molecular complexity index is 221. The van der Waals surface area contributed by atoms with Crippen molar-refractivity contribution in [3.8, 4) is 0 Å². The van der Waals surface area contributed by atoms with Gasteiger partial charge in [-0.25, -0.2) is 0 Å². The lowest BCUT2D eigenvalue weighted by molar-refractivity contribution is -0.139. The molecule has 1 aliphatic rings. The highest BCUT2D eigenvalue weighted by Gasteiger charge is 2.23. The number of nitrogens with zero attached hydrogens (tertiary/aromatic N) is 1. The average molecular weight is 228 g/mol. The van der Waals surface area contributed by atoms with Crippen molar-refractivity contribution in [3.05, 3.63) is 0 Å². The van der Waals surface area contributed by atoms with Gasteiger partial charge in [-0.2, -0.15) is 0 Å². The fourth-order valence-corrected chi connectivity index (χ4v) is 2.04. The van der Waals surface area contributed by atoms with Crippen LogP contribution in [-0.4, -0.2) is 43.2 Å². The fraction of sp³-hybridized carbons (Fsp3) is 0.917. The SMILES string of the molecule is CC(CCN)CCC(=O)N1CCOC[C@H]1C. The van der Waals surface area contributed by atoms with Crippen LogP contribution in [0.4, 0.5) is 0 Å². The summed E-state index contributed by atoms with van der Waals surface area (Å²) in [6, 6.07) is 0.228. The van der Waals surface area contributed by atoms with Gasteiger partial charge in [0.05, 0.1) is 19.3 Å². The predicted molar refractivity (Wildman–Crippen MR) is 64.1 cm³/mol. The summed E-state index contributed by atoms with van der Waals surface area (Å²) < 4.78 is 5.32. The molecule has 94 valence electrons. The Morgan fingerprint density at radius 1 is 1.56 bits per heavy atom. The molecule has 1 heterocycles. The van der Waals surface area contributed by atoms with Crippen molar-refractivity contribution in [2.45, 2.75) is 39.2 Å². The summed E-state index contributed by atoms with van der Waals surface area (Å²) in [5.74, 6) is 0.810. The van der Waals surface area contributed by atoms with E-state index in [1.54, 1.807) is 0 Å². The van der Waals surface area contributed by atoms with Crippen LogP contribution >= 0.6 is 0 Å². The molecule has 16 heavy (non-hydrogen) atoms. The first-order valence-electron chi connectivity index (χ1n) is 6.22. The molecule has 4 nitrogen and oxygen atoms in total. The highest BCUT2D eigenvalue weighted by atomic mass is 16.5. The third-order valence-corrected chi connectivity index (χ3v) is 3.20. The minimum atomic E-state index is 0.228. The summed E-state index contributed by atoms with van der Waals surface area (Å²) in [7, 11) is 0. The molecule has 1 amide bonds. The Morgan fingerprint density at radius 2 is 2.31 bits per heavy atom. The van der Waals surface area contributed by atoms with Crippen LogP contribution in [0.1, 0.15) is 33.1 Å². The molecule has 0 radical (unpaired) electrons. The molecule has 2 atom stereocenters. The van der Waals surface area contributed by atoms with Gasteiger partial charge in [-0.3, -0.25) is 4.79 Å². The number of ether oxygens (including phenoxy) is 1. The van der Waals surface area contributed by atoms with Crippen molar-refractivity contribution >= 4 is 5.91 Å². The third-order valence-electron chi connectivity index (χ3n) is 3.20. The molecule has 1 fully saturated rings. The van der Waals surface area contributed by atoms with Gasteiger partial charge in [0, 0.05) is 13.0 Å². The van der Waals surface area contributed by atoms with Gasteiger partial charge in [-0.1, -0.05) is 6.92 Å². The maximum atomic E-state index is 12.0. The summed E-state index contributed by atoms with van der Waals surface area (Å²) in [6.45, 7) is 7.00. The second-order valence-corrected chi connectivity index (χ2v) is 4.73. The first-order valence-corrected chi connectivity index (χ1v) is 6.22. The van der Waals surface area contributed by atoms with Gasteiger partial charge in [-0.05, 0) is 32.2 Å². The van der Waals surface area contributed by atoms with E-state index < -0.39 is 0 Å². The monoisotopic (exact) mass is 228 g/mol. The lowest BCUT2D eigenvalue weighted by atomic mass is 10.0. The Hall–Kier alpha value is -0.610. The lowest BCUT2D eigenvalue weighted by Crippen LogP contribution is -2.47. The highest BCUT2D eigenvalue weighted by Crippen LogP contribution is 2.13. The van der Waals surface area contributed by atoms with Crippen LogP contribution in [0, 0.1) is 5.92 Å². The van der Waals surface area contributed by atoms with E-state index in [0.29, 0.717) is 32.1 Å². The molecule has 4 heteroatoms. The summed E-state index contributed by atoms with van der Waals surface area (Å²) in [5, 5.41) is 0. The van der Waals surface area contributed by atoms with Crippen molar-refractivity contribution in [2.75, 3.05) is 26.3 Å². The molecule has 1 aliphatic heterocycles. The third kappa shape index (κ3) is 4.10. The van der Waals surface area contributed by atoms with Gasteiger partial charge >= 0.3 is 0 Å². The first kappa shape index (κ1) is 13.5. The van der Waals surface area contributed by atoms with Crippen molar-refractivity contribution in [3.63, 3.8) is 0 Å². The quantitative estimate of drug-likeness (QED) is 0.763. The van der Waals surface area contributed by atoms with Crippen molar-refractivity contribution in [2.24, 2.45) is 11.7 Å². The van der Waals surface area contributed by atoms with Crippen LogP contribution in [0.5, 0.6) is 0 Å². The van der Waals surface area contributed by atoms with E-state index in [4.69, 9.17) is 10.5 Å². The fourth-order valence-electron chi connectivity index (χ4n) is 2.04. The number of carbonyl (C=O) groups is 1. The molecule has 0 aliphatic carbocycles. The molecular formula is C12H24N2O2. The van der Waals surface area contributed by atoms with Crippen LogP contribution in [0.2, 0.25) is 0 Å². The summed E-state index contributed by atoms with van der Waals surface area (Å²) in [5.41, 5.74) is 5.49. The second-order valence-electron chi connectivity index (χ2n) is 4.73. The number of hydrogen-bond acceptors (Lipinski definition) is 3. The molecule has 2 N–H and O–H groups in total. The van der Waals surface area contributed by atoms with E-state index >= 15 is 0 Å². The minimum absolute atomic E-state index is 0.228. The molecule has 1 unspecified atom stereocenters. The van der Waals surface area contributed by atoms with E-state index in [0.717, 1.165) is 19.4 Å². The molecule has 1 rings (SSSR count). The van der Waals surface area contributed by atoms with Crippen LogP contribution < -0.4 is 5.73 Å².